The van der Waals surface area contributed by atoms with Gasteiger partial charge in [0.15, 0.2) is 0 Å². The van der Waals surface area contributed by atoms with Crippen LogP contribution in [0.4, 0.5) is 0 Å². The molecule has 0 aromatic carbocycles. The van der Waals surface area contributed by atoms with Crippen LogP contribution >= 0.6 is 0 Å². The Morgan fingerprint density at radius 1 is 1.22 bits per heavy atom. The fourth-order valence-corrected chi connectivity index (χ4v) is 8.29. The van der Waals surface area contributed by atoms with E-state index in [4.69, 9.17) is 5.26 Å². The standard InChI is InChI=1S/C28H42N2O2/c1-5-25-24-9-7-20-15-27(3,32)12-10-22(20)23(24)11-13-28(25,4)18(2)26(31)14-21-8-6-19(16-29)17-30-21/h6,17-18,20-25,32H,5,7-15H2,1-4H3/t18-,20-,21?,22+,23-,24-,25+,27-,28-/m1/s1. The van der Waals surface area contributed by atoms with Crippen LogP contribution in [-0.4, -0.2) is 28.7 Å². The van der Waals surface area contributed by atoms with Crippen molar-refractivity contribution >= 4 is 12.0 Å². The molecule has 0 spiro atoms. The number of carbonyl (C=O) groups excluding carboxylic acids is 1. The monoisotopic (exact) mass is 438 g/mol. The van der Waals surface area contributed by atoms with Crippen molar-refractivity contribution in [1.82, 2.24) is 0 Å². The molecule has 0 saturated heterocycles. The molecule has 9 atom stereocenters. The van der Waals surface area contributed by atoms with Gasteiger partial charge in [-0.05, 0) is 93.3 Å². The molecule has 3 aliphatic carbocycles. The average Bonchev–Trinajstić information content (AvgIpc) is 2.77. The van der Waals surface area contributed by atoms with Crippen molar-refractivity contribution in [2.75, 3.05) is 0 Å². The number of hydrogen-bond donors (Lipinski definition) is 1. The van der Waals surface area contributed by atoms with Crippen LogP contribution in [0.5, 0.6) is 0 Å². The normalized spacial score (nSPS) is 44.6. The fourth-order valence-electron chi connectivity index (χ4n) is 8.29. The number of aliphatic hydroxyl groups is 1. The third kappa shape index (κ3) is 4.35. The fraction of sp³-hybridized carbons (Fsp3) is 0.821. The van der Waals surface area contributed by atoms with Gasteiger partial charge in [-0.1, -0.05) is 33.3 Å². The predicted molar refractivity (Wildman–Crippen MR) is 128 cm³/mol. The Balaban J connectivity index is 1.45. The van der Waals surface area contributed by atoms with Crippen LogP contribution in [0.25, 0.3) is 0 Å². The largest absolute Gasteiger partial charge is 0.390 e. The highest BCUT2D eigenvalue weighted by atomic mass is 16.3. The second kappa shape index (κ2) is 9.05. The van der Waals surface area contributed by atoms with E-state index in [1.807, 2.05) is 13.0 Å². The van der Waals surface area contributed by atoms with Gasteiger partial charge >= 0.3 is 0 Å². The summed E-state index contributed by atoms with van der Waals surface area (Å²) in [5.41, 5.74) is 0.206. The summed E-state index contributed by atoms with van der Waals surface area (Å²) in [7, 11) is 0. The van der Waals surface area contributed by atoms with Crippen LogP contribution in [0.15, 0.2) is 16.6 Å². The Hall–Kier alpha value is -1.47. The zero-order valence-corrected chi connectivity index (χ0v) is 20.5. The summed E-state index contributed by atoms with van der Waals surface area (Å²) >= 11 is 0. The highest BCUT2D eigenvalue weighted by Crippen LogP contribution is 2.61. The van der Waals surface area contributed by atoms with Crippen molar-refractivity contribution in [2.24, 2.45) is 45.9 Å². The number of dihydropyridines is 1. The molecule has 0 aromatic heterocycles. The lowest BCUT2D eigenvalue weighted by molar-refractivity contribution is -0.139. The van der Waals surface area contributed by atoms with E-state index in [1.165, 1.54) is 25.7 Å². The average molecular weight is 439 g/mol. The van der Waals surface area contributed by atoms with Crippen molar-refractivity contribution in [3.8, 4) is 6.07 Å². The van der Waals surface area contributed by atoms with E-state index in [1.54, 1.807) is 6.21 Å². The van der Waals surface area contributed by atoms with Gasteiger partial charge in [0.05, 0.1) is 17.2 Å². The lowest BCUT2D eigenvalue weighted by Gasteiger charge is -2.58. The molecule has 4 aliphatic rings. The molecule has 3 fully saturated rings. The van der Waals surface area contributed by atoms with E-state index in [0.717, 1.165) is 43.4 Å². The minimum atomic E-state index is -0.465. The van der Waals surface area contributed by atoms with Gasteiger partial charge in [0.25, 0.3) is 0 Å². The smallest absolute Gasteiger partial charge is 0.138 e. The van der Waals surface area contributed by atoms with Crippen LogP contribution in [0.3, 0.4) is 0 Å². The third-order valence-electron chi connectivity index (χ3n) is 10.2. The number of nitriles is 1. The molecule has 32 heavy (non-hydrogen) atoms. The van der Waals surface area contributed by atoms with E-state index >= 15 is 0 Å². The van der Waals surface area contributed by atoms with Gasteiger partial charge in [0.1, 0.15) is 11.9 Å². The Bertz CT molecular complexity index is 822. The summed E-state index contributed by atoms with van der Waals surface area (Å²) < 4.78 is 0. The minimum absolute atomic E-state index is 0.00691. The van der Waals surface area contributed by atoms with Gasteiger partial charge in [0.2, 0.25) is 0 Å². The summed E-state index contributed by atoms with van der Waals surface area (Å²) in [4.78, 5) is 17.9. The molecule has 4 nitrogen and oxygen atoms in total. The first-order valence-corrected chi connectivity index (χ1v) is 13.1. The maximum absolute atomic E-state index is 13.4. The highest BCUT2D eigenvalue weighted by molar-refractivity contribution is 5.86. The van der Waals surface area contributed by atoms with Gasteiger partial charge in [-0.2, -0.15) is 5.26 Å². The summed E-state index contributed by atoms with van der Waals surface area (Å²) in [5, 5.41) is 19.6. The highest BCUT2D eigenvalue weighted by Gasteiger charge is 2.54. The van der Waals surface area contributed by atoms with Crippen LogP contribution in [-0.2, 0) is 4.79 Å². The number of rotatable bonds is 5. The molecule has 4 rings (SSSR count). The van der Waals surface area contributed by atoms with Crippen molar-refractivity contribution in [3.63, 3.8) is 0 Å². The number of aliphatic imine (C=N–C) groups is 1. The molecule has 1 unspecified atom stereocenters. The van der Waals surface area contributed by atoms with E-state index in [0.29, 0.717) is 36.0 Å². The molecule has 0 radical (unpaired) electrons. The number of ketones is 1. The van der Waals surface area contributed by atoms with Gasteiger partial charge in [0, 0.05) is 18.6 Å². The van der Waals surface area contributed by atoms with Crippen LogP contribution in [0.2, 0.25) is 0 Å². The summed E-state index contributed by atoms with van der Waals surface area (Å²) in [6.07, 6.45) is 13.9. The van der Waals surface area contributed by atoms with Gasteiger partial charge < -0.3 is 5.11 Å². The van der Waals surface area contributed by atoms with E-state index in [9.17, 15) is 9.90 Å². The zero-order chi connectivity index (χ0) is 23.1. The van der Waals surface area contributed by atoms with Crippen molar-refractivity contribution in [3.05, 3.63) is 11.6 Å². The molecule has 176 valence electrons. The predicted octanol–water partition coefficient (Wildman–Crippen LogP) is 5.89. The van der Waals surface area contributed by atoms with E-state index in [2.05, 4.69) is 31.8 Å². The lowest BCUT2D eigenvalue weighted by atomic mass is 9.46. The van der Waals surface area contributed by atoms with Crippen LogP contribution in [0, 0.1) is 52.3 Å². The van der Waals surface area contributed by atoms with Crippen molar-refractivity contribution in [2.45, 2.75) is 104 Å². The van der Waals surface area contributed by atoms with Gasteiger partial charge in [-0.3, -0.25) is 9.79 Å². The topological polar surface area (TPSA) is 73.4 Å². The summed E-state index contributed by atoms with van der Waals surface area (Å²) in [5.74, 6) is 3.98. The zero-order valence-electron chi connectivity index (χ0n) is 20.5. The molecule has 1 aliphatic heterocycles. The lowest BCUT2D eigenvalue weighted by Crippen LogP contribution is -2.53. The quantitative estimate of drug-likeness (QED) is 0.581. The molecular weight excluding hydrogens is 396 g/mol. The first-order chi connectivity index (χ1) is 15.2. The molecule has 0 aromatic rings. The van der Waals surface area contributed by atoms with E-state index < -0.39 is 5.60 Å². The van der Waals surface area contributed by atoms with Crippen LogP contribution in [0.1, 0.15) is 91.9 Å². The van der Waals surface area contributed by atoms with Gasteiger partial charge in [-0.15, -0.1) is 0 Å². The number of Topliss-reactive ketones (excluding diaryl/α,β-unsaturated/α-hetero) is 1. The summed E-state index contributed by atoms with van der Waals surface area (Å²) in [6, 6.07) is 2.13. The second-order valence-corrected chi connectivity index (χ2v) is 12.0. The molecular formula is C28H42N2O2. The van der Waals surface area contributed by atoms with Crippen molar-refractivity contribution < 1.29 is 9.90 Å². The number of nitrogens with zero attached hydrogens (tertiary/aromatic N) is 2. The third-order valence-corrected chi connectivity index (χ3v) is 10.2. The Labute approximate surface area is 194 Å². The van der Waals surface area contributed by atoms with Gasteiger partial charge in [-0.25, -0.2) is 0 Å². The first-order valence-electron chi connectivity index (χ1n) is 13.1. The number of allylic oxidation sites excluding steroid dienone is 1. The maximum Gasteiger partial charge on any atom is 0.138 e. The number of hydrogen-bond acceptors (Lipinski definition) is 4. The van der Waals surface area contributed by atoms with E-state index in [-0.39, 0.29) is 17.4 Å². The van der Waals surface area contributed by atoms with Crippen LogP contribution < -0.4 is 0 Å². The Kier molecular flexibility index (Phi) is 6.70. The van der Waals surface area contributed by atoms with Crippen molar-refractivity contribution in [1.29, 1.82) is 5.26 Å². The Morgan fingerprint density at radius 3 is 2.62 bits per heavy atom. The first kappa shape index (κ1) is 23.7. The number of fused-ring (bicyclic) bond motifs is 3. The molecule has 0 amide bonds. The molecule has 1 N–H and O–H groups in total. The maximum atomic E-state index is 13.4. The summed E-state index contributed by atoms with van der Waals surface area (Å²) in [6.45, 7) is 8.94. The number of carbonyl (C=O) groups is 1. The second-order valence-electron chi connectivity index (χ2n) is 12.0. The Morgan fingerprint density at radius 2 is 1.97 bits per heavy atom. The molecule has 1 heterocycles. The minimum Gasteiger partial charge on any atom is -0.390 e. The molecule has 4 heteroatoms. The molecule has 3 saturated carbocycles. The SMILES string of the molecule is CC[C@H]1[C@@H]2CC[C@@H]3C[C@](C)(O)CC[C@@H]3[C@H]2CC[C@]1(C)[C@H](C)C(=O)CC1CC=C(C#N)C=N1. The molecule has 0 bridgehead atoms.